The zero-order valence-electron chi connectivity index (χ0n) is 17.4. The van der Waals surface area contributed by atoms with Gasteiger partial charge in [0, 0.05) is 37.6 Å². The van der Waals surface area contributed by atoms with Crippen molar-refractivity contribution >= 4 is 17.0 Å². The van der Waals surface area contributed by atoms with Crippen LogP contribution in [0.5, 0.6) is 0 Å². The number of amides is 1. The van der Waals surface area contributed by atoms with E-state index in [4.69, 9.17) is 4.52 Å². The number of nitrogens with zero attached hydrogens (tertiary/aromatic N) is 4. The number of hydrogen-bond acceptors (Lipinski definition) is 5. The van der Waals surface area contributed by atoms with Crippen LogP contribution in [0.1, 0.15) is 52.9 Å². The van der Waals surface area contributed by atoms with Gasteiger partial charge in [0.25, 0.3) is 11.6 Å². The van der Waals surface area contributed by atoms with Gasteiger partial charge in [0.1, 0.15) is 5.82 Å². The normalized spacial score (nSPS) is 11.3. The number of fused-ring (bicyclic) bond motifs is 1. The molecule has 0 aliphatic rings. The van der Waals surface area contributed by atoms with Crippen LogP contribution >= 0.6 is 0 Å². The highest BCUT2D eigenvalue weighted by Crippen LogP contribution is 2.25. The molecule has 0 saturated heterocycles. The van der Waals surface area contributed by atoms with Crippen molar-refractivity contribution in [2.24, 2.45) is 0 Å². The Morgan fingerprint density at radius 2 is 2.03 bits per heavy atom. The van der Waals surface area contributed by atoms with Crippen LogP contribution in [0.15, 0.2) is 53.3 Å². The van der Waals surface area contributed by atoms with E-state index in [0.717, 1.165) is 18.1 Å². The number of aryl methyl sites for hydroxylation is 1. The standard InChI is InChI=1S/C23H25N5O2/c1-15(2)19-13-18(21-16(3)27-30-23(21)26-19)22(29)25-10-9-20-24-11-12-28(20)14-17-7-5-4-6-8-17/h4-8,11-13,15H,9-10,14H2,1-3H3,(H,25,29). The van der Waals surface area contributed by atoms with Gasteiger partial charge < -0.3 is 14.4 Å². The predicted octanol–water partition coefficient (Wildman–Crippen LogP) is 3.87. The molecule has 0 saturated carbocycles. The molecule has 3 heterocycles. The number of pyridine rings is 1. The maximum absolute atomic E-state index is 13.0. The maximum atomic E-state index is 13.0. The van der Waals surface area contributed by atoms with Gasteiger partial charge in [-0.3, -0.25) is 4.79 Å². The molecule has 0 unspecified atom stereocenters. The van der Waals surface area contributed by atoms with Gasteiger partial charge in [0.15, 0.2) is 0 Å². The Morgan fingerprint density at radius 3 is 2.80 bits per heavy atom. The van der Waals surface area contributed by atoms with Crippen molar-refractivity contribution in [1.29, 1.82) is 0 Å². The Bertz CT molecular complexity index is 1160. The molecule has 0 atom stereocenters. The van der Waals surface area contributed by atoms with Crippen LogP contribution < -0.4 is 5.32 Å². The number of carbonyl (C=O) groups is 1. The van der Waals surface area contributed by atoms with Gasteiger partial charge in [-0.15, -0.1) is 0 Å². The lowest BCUT2D eigenvalue weighted by molar-refractivity contribution is 0.0955. The Hall–Kier alpha value is -3.48. The van der Waals surface area contributed by atoms with E-state index < -0.39 is 0 Å². The van der Waals surface area contributed by atoms with Crippen LogP contribution in [0.3, 0.4) is 0 Å². The average Bonchev–Trinajstić information content (AvgIpc) is 3.34. The molecule has 0 radical (unpaired) electrons. The molecule has 154 valence electrons. The monoisotopic (exact) mass is 403 g/mol. The maximum Gasteiger partial charge on any atom is 0.259 e. The fourth-order valence-corrected chi connectivity index (χ4v) is 3.46. The van der Waals surface area contributed by atoms with Crippen LogP contribution in [0.4, 0.5) is 0 Å². The second kappa shape index (κ2) is 8.49. The number of benzene rings is 1. The molecule has 1 N–H and O–H groups in total. The third-order valence-electron chi connectivity index (χ3n) is 5.10. The summed E-state index contributed by atoms with van der Waals surface area (Å²) < 4.78 is 7.42. The Balaban J connectivity index is 1.46. The molecule has 0 fully saturated rings. The van der Waals surface area contributed by atoms with Crippen molar-refractivity contribution in [3.8, 4) is 0 Å². The Morgan fingerprint density at radius 1 is 1.23 bits per heavy atom. The van der Waals surface area contributed by atoms with Crippen LogP contribution in [0.2, 0.25) is 0 Å². The molecular weight excluding hydrogens is 378 g/mol. The molecule has 7 nitrogen and oxygen atoms in total. The largest absolute Gasteiger partial charge is 0.352 e. The first kappa shape index (κ1) is 19.8. The van der Waals surface area contributed by atoms with E-state index in [-0.39, 0.29) is 11.8 Å². The Kier molecular flexibility index (Phi) is 5.61. The number of hydrogen-bond donors (Lipinski definition) is 1. The van der Waals surface area contributed by atoms with Gasteiger partial charge in [-0.05, 0) is 24.5 Å². The number of rotatable bonds is 7. The van der Waals surface area contributed by atoms with Crippen molar-refractivity contribution in [3.63, 3.8) is 0 Å². The molecule has 30 heavy (non-hydrogen) atoms. The minimum atomic E-state index is -0.156. The van der Waals surface area contributed by atoms with Crippen LogP contribution in [0.25, 0.3) is 11.1 Å². The Labute approximate surface area is 175 Å². The zero-order chi connectivity index (χ0) is 21.1. The van der Waals surface area contributed by atoms with Crippen molar-refractivity contribution in [2.75, 3.05) is 6.54 Å². The molecule has 0 bridgehead atoms. The number of nitrogens with one attached hydrogen (secondary N) is 1. The van der Waals surface area contributed by atoms with E-state index in [1.807, 2.05) is 51.2 Å². The lowest BCUT2D eigenvalue weighted by Crippen LogP contribution is -2.27. The third kappa shape index (κ3) is 4.10. The van der Waals surface area contributed by atoms with E-state index >= 15 is 0 Å². The lowest BCUT2D eigenvalue weighted by atomic mass is 10.0. The minimum Gasteiger partial charge on any atom is -0.352 e. The highest BCUT2D eigenvalue weighted by atomic mass is 16.5. The average molecular weight is 403 g/mol. The van der Waals surface area contributed by atoms with Crippen LogP contribution in [-0.2, 0) is 13.0 Å². The highest BCUT2D eigenvalue weighted by Gasteiger charge is 2.19. The lowest BCUT2D eigenvalue weighted by Gasteiger charge is -2.11. The van der Waals surface area contributed by atoms with Gasteiger partial charge >= 0.3 is 0 Å². The second-order valence-corrected chi connectivity index (χ2v) is 7.66. The minimum absolute atomic E-state index is 0.156. The van der Waals surface area contributed by atoms with Gasteiger partial charge in [-0.25, -0.2) is 9.97 Å². The highest BCUT2D eigenvalue weighted by molar-refractivity contribution is 6.06. The molecule has 7 heteroatoms. The summed E-state index contributed by atoms with van der Waals surface area (Å²) in [6, 6.07) is 12.1. The van der Waals surface area contributed by atoms with E-state index in [1.165, 1.54) is 5.56 Å². The fourth-order valence-electron chi connectivity index (χ4n) is 3.46. The SMILES string of the molecule is Cc1noc2nc(C(C)C)cc(C(=O)NCCc3nccn3Cc3ccccc3)c12. The third-order valence-corrected chi connectivity index (χ3v) is 5.10. The molecule has 4 rings (SSSR count). The van der Waals surface area contributed by atoms with Gasteiger partial charge in [0.05, 0.1) is 16.6 Å². The molecule has 3 aromatic heterocycles. The van der Waals surface area contributed by atoms with Gasteiger partial charge in [-0.1, -0.05) is 49.3 Å². The van der Waals surface area contributed by atoms with Crippen molar-refractivity contribution in [1.82, 2.24) is 25.0 Å². The van der Waals surface area contributed by atoms with E-state index in [0.29, 0.717) is 35.3 Å². The van der Waals surface area contributed by atoms with Gasteiger partial charge in [0.2, 0.25) is 0 Å². The second-order valence-electron chi connectivity index (χ2n) is 7.66. The molecule has 4 aromatic rings. The summed E-state index contributed by atoms with van der Waals surface area (Å²) in [6.45, 7) is 7.12. The zero-order valence-corrected chi connectivity index (χ0v) is 17.4. The summed E-state index contributed by atoms with van der Waals surface area (Å²) in [5.74, 6) is 0.955. The molecule has 0 aliphatic carbocycles. The summed E-state index contributed by atoms with van der Waals surface area (Å²) in [5.41, 5.74) is 3.64. The van der Waals surface area contributed by atoms with E-state index in [2.05, 4.69) is 37.1 Å². The molecule has 0 spiro atoms. The van der Waals surface area contributed by atoms with Crippen LogP contribution in [0, 0.1) is 6.92 Å². The van der Waals surface area contributed by atoms with Gasteiger partial charge in [-0.2, -0.15) is 0 Å². The molecule has 1 aromatic carbocycles. The van der Waals surface area contributed by atoms with Crippen molar-refractivity contribution in [2.45, 2.75) is 39.7 Å². The fraction of sp³-hybridized carbons (Fsp3) is 0.304. The molecule has 1 amide bonds. The smallest absolute Gasteiger partial charge is 0.259 e. The summed E-state index contributed by atoms with van der Waals surface area (Å²) in [5, 5.41) is 7.66. The number of imidazole rings is 1. The first-order valence-electron chi connectivity index (χ1n) is 10.1. The van der Waals surface area contributed by atoms with Crippen molar-refractivity contribution < 1.29 is 9.32 Å². The van der Waals surface area contributed by atoms with Crippen molar-refractivity contribution in [3.05, 3.63) is 77.1 Å². The van der Waals surface area contributed by atoms with E-state index in [1.54, 1.807) is 6.20 Å². The topological polar surface area (TPSA) is 85.8 Å². The number of carbonyl (C=O) groups excluding carboxylic acids is 1. The summed E-state index contributed by atoms with van der Waals surface area (Å²) in [4.78, 5) is 21.9. The van der Waals surface area contributed by atoms with Crippen LogP contribution in [-0.4, -0.2) is 32.1 Å². The predicted molar refractivity (Wildman–Crippen MR) is 114 cm³/mol. The summed E-state index contributed by atoms with van der Waals surface area (Å²) >= 11 is 0. The molecular formula is C23H25N5O2. The molecule has 0 aliphatic heterocycles. The number of aromatic nitrogens is 4. The first-order valence-corrected chi connectivity index (χ1v) is 10.1. The summed E-state index contributed by atoms with van der Waals surface area (Å²) in [7, 11) is 0. The summed E-state index contributed by atoms with van der Waals surface area (Å²) in [6.07, 6.45) is 4.40. The quantitative estimate of drug-likeness (QED) is 0.506. The van der Waals surface area contributed by atoms with E-state index in [9.17, 15) is 4.79 Å². The first-order chi connectivity index (χ1) is 14.5.